The number of rotatable bonds is 4. The Bertz CT molecular complexity index is 526. The third kappa shape index (κ3) is 2.91. The van der Waals surface area contributed by atoms with Crippen molar-refractivity contribution < 1.29 is 9.90 Å². The fourth-order valence-corrected chi connectivity index (χ4v) is 1.86. The lowest BCUT2D eigenvalue weighted by molar-refractivity contribution is 0.0912. The Hall–Kier alpha value is -1.78. The minimum atomic E-state index is -0.473. The molecule has 1 heterocycles. The molecule has 1 aromatic heterocycles. The summed E-state index contributed by atoms with van der Waals surface area (Å²) in [5, 5.41) is 12.7. The Balaban J connectivity index is 2.13. The third-order valence-electron chi connectivity index (χ3n) is 2.58. The highest BCUT2D eigenvalue weighted by molar-refractivity contribution is 6.30. The van der Waals surface area contributed by atoms with Crippen LogP contribution in [-0.4, -0.2) is 22.6 Å². The molecule has 0 saturated heterocycles. The molecule has 0 radical (unpaired) electrons. The van der Waals surface area contributed by atoms with Gasteiger partial charge in [0.25, 0.3) is 5.91 Å². The van der Waals surface area contributed by atoms with Crippen LogP contribution in [0.1, 0.15) is 22.1 Å². The number of nitrogens with one attached hydrogen (secondary N) is 2. The molecule has 4 nitrogen and oxygen atoms in total. The number of halogens is 1. The summed E-state index contributed by atoms with van der Waals surface area (Å²) in [6.07, 6.45) is 1.67. The molecule has 3 N–H and O–H groups in total. The number of aromatic nitrogens is 1. The Kier molecular flexibility index (Phi) is 4.02. The fourth-order valence-electron chi connectivity index (χ4n) is 1.67. The summed E-state index contributed by atoms with van der Waals surface area (Å²) < 4.78 is 0. The number of carbonyl (C=O) groups is 1. The highest BCUT2D eigenvalue weighted by atomic mass is 35.5. The Labute approximate surface area is 110 Å². The van der Waals surface area contributed by atoms with Crippen LogP contribution in [0.3, 0.4) is 0 Å². The molecule has 0 aliphatic rings. The van der Waals surface area contributed by atoms with Gasteiger partial charge in [-0.05, 0) is 29.8 Å². The SMILES string of the molecule is O=C(NC(CO)c1cccc(Cl)c1)c1ccc[nH]1. The van der Waals surface area contributed by atoms with Crippen LogP contribution in [0.2, 0.25) is 5.02 Å². The highest BCUT2D eigenvalue weighted by Crippen LogP contribution is 2.17. The summed E-state index contributed by atoms with van der Waals surface area (Å²) in [5.74, 6) is -0.265. The Morgan fingerprint density at radius 1 is 1.39 bits per heavy atom. The van der Waals surface area contributed by atoms with Crippen LogP contribution in [0.15, 0.2) is 42.6 Å². The summed E-state index contributed by atoms with van der Waals surface area (Å²) >= 11 is 5.88. The van der Waals surface area contributed by atoms with E-state index in [4.69, 9.17) is 11.6 Å². The van der Waals surface area contributed by atoms with Crippen molar-refractivity contribution in [3.63, 3.8) is 0 Å². The van der Waals surface area contributed by atoms with Gasteiger partial charge < -0.3 is 15.4 Å². The number of aliphatic hydroxyl groups is 1. The van der Waals surface area contributed by atoms with Crippen molar-refractivity contribution in [2.75, 3.05) is 6.61 Å². The number of aliphatic hydroxyl groups excluding tert-OH is 1. The van der Waals surface area contributed by atoms with Gasteiger partial charge in [0.2, 0.25) is 0 Å². The van der Waals surface area contributed by atoms with Gasteiger partial charge in [0.15, 0.2) is 0 Å². The lowest BCUT2D eigenvalue weighted by atomic mass is 10.1. The number of carbonyl (C=O) groups excluding carboxylic acids is 1. The molecular weight excluding hydrogens is 252 g/mol. The summed E-state index contributed by atoms with van der Waals surface area (Å²) in [6, 6.07) is 9.98. The molecule has 1 amide bonds. The van der Waals surface area contributed by atoms with E-state index < -0.39 is 6.04 Å². The Morgan fingerprint density at radius 2 is 2.22 bits per heavy atom. The van der Waals surface area contributed by atoms with E-state index in [0.29, 0.717) is 10.7 Å². The highest BCUT2D eigenvalue weighted by Gasteiger charge is 2.15. The summed E-state index contributed by atoms with van der Waals surface area (Å²) in [7, 11) is 0. The van der Waals surface area contributed by atoms with Gasteiger partial charge in [-0.25, -0.2) is 0 Å². The van der Waals surface area contributed by atoms with Crippen molar-refractivity contribution in [3.8, 4) is 0 Å². The maximum atomic E-state index is 11.8. The van der Waals surface area contributed by atoms with Crippen molar-refractivity contribution in [1.82, 2.24) is 10.3 Å². The smallest absolute Gasteiger partial charge is 0.268 e. The van der Waals surface area contributed by atoms with Crippen molar-refractivity contribution in [1.29, 1.82) is 0 Å². The van der Waals surface area contributed by atoms with Gasteiger partial charge in [-0.3, -0.25) is 4.79 Å². The van der Waals surface area contributed by atoms with Crippen LogP contribution in [0.25, 0.3) is 0 Å². The Morgan fingerprint density at radius 3 is 2.83 bits per heavy atom. The topological polar surface area (TPSA) is 65.1 Å². The summed E-state index contributed by atoms with van der Waals surface area (Å²) in [5.41, 5.74) is 1.22. The first-order valence-electron chi connectivity index (χ1n) is 5.51. The van der Waals surface area contributed by atoms with Crippen LogP contribution in [-0.2, 0) is 0 Å². The zero-order chi connectivity index (χ0) is 13.0. The predicted octanol–water partition coefficient (Wildman–Crippen LogP) is 2.13. The number of aromatic amines is 1. The molecule has 1 unspecified atom stereocenters. The van der Waals surface area contributed by atoms with Gasteiger partial charge in [0.1, 0.15) is 5.69 Å². The standard InChI is InChI=1S/C13H13ClN2O2/c14-10-4-1-3-9(7-10)12(8-17)16-13(18)11-5-2-6-15-11/h1-7,12,15,17H,8H2,(H,16,18). The lowest BCUT2D eigenvalue weighted by Gasteiger charge is -2.16. The molecule has 5 heteroatoms. The molecule has 0 aliphatic heterocycles. The number of hydrogen-bond donors (Lipinski definition) is 3. The molecule has 0 fully saturated rings. The molecule has 1 aromatic carbocycles. The van der Waals surface area contributed by atoms with E-state index in [1.807, 2.05) is 6.07 Å². The maximum Gasteiger partial charge on any atom is 0.268 e. The minimum absolute atomic E-state index is 0.188. The second-order valence-corrected chi connectivity index (χ2v) is 4.28. The van der Waals surface area contributed by atoms with Gasteiger partial charge in [-0.1, -0.05) is 23.7 Å². The van der Waals surface area contributed by atoms with Crippen LogP contribution in [0, 0.1) is 0 Å². The average Bonchev–Trinajstić information content (AvgIpc) is 2.89. The summed E-state index contributed by atoms with van der Waals surface area (Å²) in [4.78, 5) is 14.7. The van der Waals surface area contributed by atoms with E-state index in [1.54, 1.807) is 36.5 Å². The fraction of sp³-hybridized carbons (Fsp3) is 0.154. The van der Waals surface area contributed by atoms with Crippen molar-refractivity contribution in [3.05, 3.63) is 58.9 Å². The molecular formula is C13H13ClN2O2. The molecule has 1 atom stereocenters. The van der Waals surface area contributed by atoms with E-state index in [1.165, 1.54) is 0 Å². The van der Waals surface area contributed by atoms with Crippen LogP contribution >= 0.6 is 11.6 Å². The zero-order valence-electron chi connectivity index (χ0n) is 9.56. The largest absolute Gasteiger partial charge is 0.394 e. The van der Waals surface area contributed by atoms with Crippen molar-refractivity contribution in [2.24, 2.45) is 0 Å². The molecule has 0 bridgehead atoms. The molecule has 94 valence electrons. The van der Waals surface area contributed by atoms with Gasteiger partial charge in [0.05, 0.1) is 12.6 Å². The van der Waals surface area contributed by atoms with Crippen LogP contribution in [0.4, 0.5) is 0 Å². The van der Waals surface area contributed by atoms with Crippen molar-refractivity contribution in [2.45, 2.75) is 6.04 Å². The number of H-pyrrole nitrogens is 1. The first-order chi connectivity index (χ1) is 8.70. The number of benzene rings is 1. The van der Waals surface area contributed by atoms with Gasteiger partial charge in [0, 0.05) is 11.2 Å². The quantitative estimate of drug-likeness (QED) is 0.792. The maximum absolute atomic E-state index is 11.8. The van der Waals surface area contributed by atoms with E-state index in [-0.39, 0.29) is 12.5 Å². The second-order valence-electron chi connectivity index (χ2n) is 3.85. The molecule has 2 rings (SSSR count). The van der Waals surface area contributed by atoms with E-state index in [0.717, 1.165) is 5.56 Å². The van der Waals surface area contributed by atoms with Crippen LogP contribution in [0.5, 0.6) is 0 Å². The number of amides is 1. The lowest BCUT2D eigenvalue weighted by Crippen LogP contribution is -2.30. The molecule has 2 aromatic rings. The second kappa shape index (κ2) is 5.71. The first-order valence-corrected chi connectivity index (χ1v) is 5.89. The minimum Gasteiger partial charge on any atom is -0.394 e. The van der Waals surface area contributed by atoms with Gasteiger partial charge >= 0.3 is 0 Å². The summed E-state index contributed by atoms with van der Waals surface area (Å²) in [6.45, 7) is -0.188. The third-order valence-corrected chi connectivity index (χ3v) is 2.82. The van der Waals surface area contributed by atoms with E-state index in [2.05, 4.69) is 10.3 Å². The molecule has 0 spiro atoms. The monoisotopic (exact) mass is 264 g/mol. The van der Waals surface area contributed by atoms with Crippen molar-refractivity contribution >= 4 is 17.5 Å². The molecule has 18 heavy (non-hydrogen) atoms. The van der Waals surface area contributed by atoms with Crippen LogP contribution < -0.4 is 5.32 Å². The van der Waals surface area contributed by atoms with E-state index >= 15 is 0 Å². The van der Waals surface area contributed by atoms with Gasteiger partial charge in [-0.15, -0.1) is 0 Å². The zero-order valence-corrected chi connectivity index (χ0v) is 10.3. The predicted molar refractivity (Wildman–Crippen MR) is 69.5 cm³/mol. The molecule has 0 saturated carbocycles. The van der Waals surface area contributed by atoms with Gasteiger partial charge in [-0.2, -0.15) is 0 Å². The molecule has 0 aliphatic carbocycles. The normalized spacial score (nSPS) is 12.1. The van der Waals surface area contributed by atoms with E-state index in [9.17, 15) is 9.90 Å². The number of hydrogen-bond acceptors (Lipinski definition) is 2. The average molecular weight is 265 g/mol. The first kappa shape index (κ1) is 12.7.